The van der Waals surface area contributed by atoms with E-state index in [1.165, 1.54) is 19.3 Å². The monoisotopic (exact) mass is 610 g/mol. The molecule has 3 heterocycles. The zero-order valence-corrected chi connectivity index (χ0v) is 26.1. The standard InChI is InChI=1S/C33H54O10/c1-15-11-24(41-29(15)42-30-28(38)27(37)26(36)23(14-34)40-30)33(39)16(2)25-22(43-33)13-21-19-6-5-17-12-18(35)7-9-31(17,3)20(19)8-10-32(21,25)4/h15-30,34-39H,5-14H2,1-4H3/t15-,16+,17+,18+,19-,20+,21+,22-,23-,24+,25+,26-,27+,28-,29+,30+,31+,32+,33+/m1/s1. The maximum atomic E-state index is 12.2. The molecule has 0 aromatic heterocycles. The first-order valence-electron chi connectivity index (χ1n) is 17.0. The molecule has 0 aromatic rings. The maximum absolute atomic E-state index is 12.2. The second-order valence-corrected chi connectivity index (χ2v) is 16.1. The zero-order chi connectivity index (χ0) is 30.6. The first-order chi connectivity index (χ1) is 20.3. The number of fused-ring (bicyclic) bond motifs is 7. The van der Waals surface area contributed by atoms with Crippen LogP contribution in [0.15, 0.2) is 0 Å². The fourth-order valence-electron chi connectivity index (χ4n) is 11.8. The summed E-state index contributed by atoms with van der Waals surface area (Å²) in [6, 6.07) is 0. The van der Waals surface area contributed by atoms with Gasteiger partial charge in [-0.2, -0.15) is 0 Å². The van der Waals surface area contributed by atoms with Crippen LogP contribution in [0.25, 0.3) is 0 Å². The van der Waals surface area contributed by atoms with Gasteiger partial charge in [-0.3, -0.25) is 0 Å². The fraction of sp³-hybridized carbons (Fsp3) is 1.00. The molecule has 7 fully saturated rings. The van der Waals surface area contributed by atoms with E-state index in [0.29, 0.717) is 35.5 Å². The lowest BCUT2D eigenvalue weighted by Crippen LogP contribution is -2.60. The number of hydrogen-bond donors (Lipinski definition) is 6. The SMILES string of the molecule is C[C@@H]1C[C@@H]([C@@]2(O)O[C@@H]3C[C@H]4[C@@H]5CC[C@H]6C[C@@H](O)CC[C@]6(C)[C@H]5CC[C@]4(C)[C@H]3[C@@H]2C)O[C@H]1O[C@@H]1O[C@H](CO)[C@@H](O)[C@H](O)[C@H]1O. The summed E-state index contributed by atoms with van der Waals surface area (Å²) in [4.78, 5) is 0. The first-order valence-corrected chi connectivity index (χ1v) is 17.0. The van der Waals surface area contributed by atoms with Crippen molar-refractivity contribution in [2.75, 3.05) is 6.61 Å². The van der Waals surface area contributed by atoms with Gasteiger partial charge in [0.15, 0.2) is 18.4 Å². The molecule has 7 rings (SSSR count). The van der Waals surface area contributed by atoms with Gasteiger partial charge in [-0.1, -0.05) is 27.7 Å². The highest BCUT2D eigenvalue weighted by Crippen LogP contribution is 2.71. The third-order valence-corrected chi connectivity index (χ3v) is 14.2. The van der Waals surface area contributed by atoms with Gasteiger partial charge in [0.2, 0.25) is 0 Å². The first kappa shape index (κ1) is 31.2. The van der Waals surface area contributed by atoms with Gasteiger partial charge in [0.1, 0.15) is 30.5 Å². The molecule has 10 nitrogen and oxygen atoms in total. The highest BCUT2D eigenvalue weighted by molar-refractivity contribution is 5.16. The van der Waals surface area contributed by atoms with Crippen LogP contribution in [0.2, 0.25) is 0 Å². The summed E-state index contributed by atoms with van der Waals surface area (Å²) in [6.07, 6.45) is 0.787. The largest absolute Gasteiger partial charge is 0.394 e. The number of aliphatic hydroxyl groups excluding tert-OH is 5. The molecule has 7 aliphatic rings. The normalized spacial score (nSPS) is 61.5. The molecule has 6 N–H and O–H groups in total. The summed E-state index contributed by atoms with van der Waals surface area (Å²) in [5.74, 6) is 1.04. The topological polar surface area (TPSA) is 158 Å². The Morgan fingerprint density at radius 3 is 2.28 bits per heavy atom. The van der Waals surface area contributed by atoms with E-state index in [0.717, 1.165) is 32.1 Å². The van der Waals surface area contributed by atoms with E-state index in [4.69, 9.17) is 18.9 Å². The van der Waals surface area contributed by atoms with Crippen molar-refractivity contribution in [3.63, 3.8) is 0 Å². The van der Waals surface area contributed by atoms with Crippen molar-refractivity contribution in [3.05, 3.63) is 0 Å². The van der Waals surface area contributed by atoms with Crippen LogP contribution in [0.1, 0.15) is 85.5 Å². The fourth-order valence-corrected chi connectivity index (χ4v) is 11.8. The molecular weight excluding hydrogens is 556 g/mol. The van der Waals surface area contributed by atoms with Crippen LogP contribution in [0, 0.1) is 52.3 Å². The highest BCUT2D eigenvalue weighted by Gasteiger charge is 2.70. The summed E-state index contributed by atoms with van der Waals surface area (Å²) in [5.41, 5.74) is 0.404. The van der Waals surface area contributed by atoms with E-state index in [9.17, 15) is 30.6 Å². The van der Waals surface area contributed by atoms with Crippen LogP contribution in [0.4, 0.5) is 0 Å². The quantitative estimate of drug-likeness (QED) is 0.278. The molecule has 0 unspecified atom stereocenters. The molecule has 4 aliphatic carbocycles. The Kier molecular flexibility index (Phi) is 7.86. The minimum absolute atomic E-state index is 0.0308. The van der Waals surface area contributed by atoms with Gasteiger partial charge >= 0.3 is 0 Å². The number of rotatable bonds is 4. The highest BCUT2D eigenvalue weighted by atomic mass is 16.8. The molecule has 10 heteroatoms. The molecular formula is C33H54O10. The van der Waals surface area contributed by atoms with Crippen molar-refractivity contribution in [3.8, 4) is 0 Å². The molecule has 0 aromatic carbocycles. The van der Waals surface area contributed by atoms with Crippen molar-refractivity contribution in [2.24, 2.45) is 52.3 Å². The van der Waals surface area contributed by atoms with Crippen LogP contribution in [0.3, 0.4) is 0 Å². The predicted octanol–water partition coefficient (Wildman–Crippen LogP) is 1.91. The van der Waals surface area contributed by atoms with E-state index < -0.39 is 55.5 Å². The van der Waals surface area contributed by atoms with E-state index >= 15 is 0 Å². The van der Waals surface area contributed by atoms with Crippen molar-refractivity contribution >= 4 is 0 Å². The molecule has 246 valence electrons. The van der Waals surface area contributed by atoms with Gasteiger partial charge in [-0.05, 0) is 98.2 Å². The summed E-state index contributed by atoms with van der Waals surface area (Å²) in [6.45, 7) is 8.49. The van der Waals surface area contributed by atoms with E-state index in [2.05, 4.69) is 20.8 Å². The second kappa shape index (κ2) is 10.8. The lowest BCUT2D eigenvalue weighted by molar-refractivity contribution is -0.350. The van der Waals surface area contributed by atoms with Gasteiger partial charge < -0.3 is 49.6 Å². The Morgan fingerprint density at radius 2 is 1.53 bits per heavy atom. The van der Waals surface area contributed by atoms with Gasteiger partial charge in [-0.15, -0.1) is 0 Å². The van der Waals surface area contributed by atoms with Gasteiger partial charge in [0, 0.05) is 11.8 Å². The molecule has 43 heavy (non-hydrogen) atoms. The summed E-state index contributed by atoms with van der Waals surface area (Å²) in [5, 5.41) is 62.9. The van der Waals surface area contributed by atoms with Gasteiger partial charge in [0.25, 0.3) is 0 Å². The summed E-state index contributed by atoms with van der Waals surface area (Å²) < 4.78 is 24.5. The molecule has 3 aliphatic heterocycles. The molecule has 0 bridgehead atoms. The number of aliphatic hydroxyl groups is 6. The summed E-state index contributed by atoms with van der Waals surface area (Å²) >= 11 is 0. The molecule has 0 amide bonds. The Morgan fingerprint density at radius 1 is 0.791 bits per heavy atom. The van der Waals surface area contributed by atoms with Crippen molar-refractivity contribution in [2.45, 2.75) is 147 Å². The van der Waals surface area contributed by atoms with Crippen molar-refractivity contribution < 1.29 is 49.6 Å². The second-order valence-electron chi connectivity index (χ2n) is 16.1. The predicted molar refractivity (Wildman–Crippen MR) is 153 cm³/mol. The third kappa shape index (κ3) is 4.56. The van der Waals surface area contributed by atoms with Crippen LogP contribution < -0.4 is 0 Å². The van der Waals surface area contributed by atoms with Crippen molar-refractivity contribution in [1.29, 1.82) is 0 Å². The minimum atomic E-state index is -1.53. The Hall–Kier alpha value is -0.400. The zero-order valence-electron chi connectivity index (χ0n) is 26.1. The van der Waals surface area contributed by atoms with E-state index in [1.54, 1.807) is 0 Å². The van der Waals surface area contributed by atoms with Gasteiger partial charge in [-0.25, -0.2) is 0 Å². The van der Waals surface area contributed by atoms with Crippen LogP contribution >= 0.6 is 0 Å². The lowest BCUT2D eigenvalue weighted by atomic mass is 9.44. The Bertz CT molecular complexity index is 1040. The van der Waals surface area contributed by atoms with Crippen LogP contribution in [-0.2, 0) is 18.9 Å². The Labute approximate surface area is 255 Å². The smallest absolute Gasteiger partial charge is 0.195 e. The molecule has 0 radical (unpaired) electrons. The lowest BCUT2D eigenvalue weighted by Gasteiger charge is -2.61. The van der Waals surface area contributed by atoms with E-state index in [1.807, 2.05) is 6.92 Å². The minimum Gasteiger partial charge on any atom is -0.394 e. The van der Waals surface area contributed by atoms with Gasteiger partial charge in [0.05, 0.1) is 18.8 Å². The summed E-state index contributed by atoms with van der Waals surface area (Å²) in [7, 11) is 0. The van der Waals surface area contributed by atoms with E-state index in [-0.39, 0.29) is 35.4 Å². The average molecular weight is 611 g/mol. The van der Waals surface area contributed by atoms with Crippen LogP contribution in [0.5, 0.6) is 0 Å². The molecule has 4 saturated carbocycles. The third-order valence-electron chi connectivity index (χ3n) is 14.2. The number of hydrogen-bond acceptors (Lipinski definition) is 10. The van der Waals surface area contributed by atoms with Crippen molar-refractivity contribution in [1.82, 2.24) is 0 Å². The Balaban J connectivity index is 1.04. The number of ether oxygens (including phenoxy) is 4. The maximum Gasteiger partial charge on any atom is 0.195 e. The molecule has 19 atom stereocenters. The molecule has 3 saturated heterocycles. The molecule has 0 spiro atoms. The average Bonchev–Trinajstić information content (AvgIpc) is 3.58. The van der Waals surface area contributed by atoms with Crippen LogP contribution in [-0.4, -0.2) is 98.3 Å².